The van der Waals surface area contributed by atoms with E-state index in [1.165, 1.54) is 16.7 Å². The van der Waals surface area contributed by atoms with Crippen LogP contribution in [0.25, 0.3) is 0 Å². The van der Waals surface area contributed by atoms with E-state index >= 15 is 0 Å². The van der Waals surface area contributed by atoms with E-state index in [-0.39, 0.29) is 36.4 Å². The molecule has 1 aromatic heterocycles. The minimum absolute atomic E-state index is 0. The molecule has 3 aromatic rings. The molecule has 0 unspecified atom stereocenters. The van der Waals surface area contributed by atoms with Crippen LogP contribution in [0, 0.1) is 13.8 Å². The third-order valence-corrected chi connectivity index (χ3v) is 4.78. The van der Waals surface area contributed by atoms with Crippen molar-refractivity contribution in [1.29, 1.82) is 0 Å². The van der Waals surface area contributed by atoms with Crippen molar-refractivity contribution in [3.05, 3.63) is 83.2 Å². The molecule has 0 bridgehead atoms. The van der Waals surface area contributed by atoms with Crippen LogP contribution in [-0.4, -0.2) is 28.2 Å². The molecule has 0 aliphatic carbocycles. The number of guanidine groups is 1. The number of nitrogens with zero attached hydrogens (tertiary/aromatic N) is 3. The fraction of sp³-hybridized carbons (Fsp3) is 0.292. The molecular formula is C24H31IN6O. The molecule has 2 aromatic carbocycles. The minimum Gasteiger partial charge on any atom is -0.357 e. The Bertz CT molecular complexity index is 1030. The minimum atomic E-state index is -0.118. The molecule has 0 saturated carbocycles. The van der Waals surface area contributed by atoms with Crippen molar-refractivity contribution in [3.63, 3.8) is 0 Å². The van der Waals surface area contributed by atoms with Crippen LogP contribution in [0.5, 0.6) is 0 Å². The molecule has 8 heteroatoms. The van der Waals surface area contributed by atoms with Crippen LogP contribution < -0.4 is 16.0 Å². The van der Waals surface area contributed by atoms with E-state index in [9.17, 15) is 4.79 Å². The fourth-order valence-electron chi connectivity index (χ4n) is 3.22. The summed E-state index contributed by atoms with van der Waals surface area (Å²) in [6.45, 7) is 8.45. The van der Waals surface area contributed by atoms with Gasteiger partial charge in [-0.1, -0.05) is 35.9 Å². The fourth-order valence-corrected chi connectivity index (χ4v) is 3.22. The molecular weight excluding hydrogens is 515 g/mol. The van der Waals surface area contributed by atoms with Gasteiger partial charge in [0.1, 0.15) is 6.54 Å². The van der Waals surface area contributed by atoms with Gasteiger partial charge in [-0.3, -0.25) is 9.48 Å². The van der Waals surface area contributed by atoms with Crippen LogP contribution in [0.4, 0.5) is 5.69 Å². The molecule has 0 spiro atoms. The van der Waals surface area contributed by atoms with E-state index in [0.717, 1.165) is 23.8 Å². The maximum Gasteiger partial charge on any atom is 0.246 e. The second-order valence-corrected chi connectivity index (χ2v) is 7.43. The van der Waals surface area contributed by atoms with Crippen molar-refractivity contribution in [2.24, 2.45) is 4.99 Å². The van der Waals surface area contributed by atoms with Gasteiger partial charge in [-0.05, 0) is 55.7 Å². The zero-order valence-corrected chi connectivity index (χ0v) is 21.1. The predicted molar refractivity (Wildman–Crippen MR) is 140 cm³/mol. The lowest BCUT2D eigenvalue weighted by Gasteiger charge is -2.13. The zero-order chi connectivity index (χ0) is 22.1. The number of nitrogens with one attached hydrogen (secondary N) is 3. The largest absolute Gasteiger partial charge is 0.357 e. The van der Waals surface area contributed by atoms with Crippen LogP contribution in [0.1, 0.15) is 29.2 Å². The Hall–Kier alpha value is -2.88. The molecule has 0 radical (unpaired) electrons. The maximum atomic E-state index is 12.2. The van der Waals surface area contributed by atoms with E-state index in [2.05, 4.69) is 53.1 Å². The number of rotatable bonds is 8. The van der Waals surface area contributed by atoms with Gasteiger partial charge in [0.05, 0.1) is 6.54 Å². The predicted octanol–water partition coefficient (Wildman–Crippen LogP) is 4.01. The monoisotopic (exact) mass is 546 g/mol. The SMILES string of the molecule is CCNC(=NCc1cccc(NC(=O)Cn2cccn2)c1)NCc1ccc(C)cc1C.I. The number of carbonyl (C=O) groups excluding carboxylic acids is 1. The third-order valence-electron chi connectivity index (χ3n) is 4.78. The molecule has 0 saturated heterocycles. The topological polar surface area (TPSA) is 83.3 Å². The number of aromatic nitrogens is 2. The van der Waals surface area contributed by atoms with Crippen molar-refractivity contribution >= 4 is 41.5 Å². The lowest BCUT2D eigenvalue weighted by Crippen LogP contribution is -2.36. The first-order valence-electron chi connectivity index (χ1n) is 10.5. The third kappa shape index (κ3) is 7.99. The summed E-state index contributed by atoms with van der Waals surface area (Å²) in [6, 6.07) is 16.0. The Balaban J connectivity index is 0.00000363. The Morgan fingerprint density at radius 1 is 1.09 bits per heavy atom. The summed E-state index contributed by atoms with van der Waals surface area (Å²) in [5.74, 6) is 0.642. The Morgan fingerprint density at radius 3 is 2.66 bits per heavy atom. The molecule has 3 rings (SSSR count). The smallest absolute Gasteiger partial charge is 0.246 e. The van der Waals surface area contributed by atoms with Gasteiger partial charge < -0.3 is 16.0 Å². The van der Waals surface area contributed by atoms with Crippen molar-refractivity contribution in [1.82, 2.24) is 20.4 Å². The first kappa shape index (κ1) is 25.4. The van der Waals surface area contributed by atoms with Crippen molar-refractivity contribution < 1.29 is 4.79 Å². The summed E-state index contributed by atoms with van der Waals surface area (Å²) >= 11 is 0. The highest BCUT2D eigenvalue weighted by Gasteiger charge is 2.05. The van der Waals surface area contributed by atoms with E-state index < -0.39 is 0 Å². The molecule has 0 aliphatic heterocycles. The van der Waals surface area contributed by atoms with Gasteiger partial charge in [-0.25, -0.2) is 4.99 Å². The number of carbonyl (C=O) groups is 1. The van der Waals surface area contributed by atoms with Gasteiger partial charge in [-0.15, -0.1) is 24.0 Å². The molecule has 1 amide bonds. The van der Waals surface area contributed by atoms with Gasteiger partial charge in [0.25, 0.3) is 0 Å². The van der Waals surface area contributed by atoms with Crippen molar-refractivity contribution in [2.45, 2.75) is 40.4 Å². The lowest BCUT2D eigenvalue weighted by molar-refractivity contribution is -0.116. The average Bonchev–Trinajstić information content (AvgIpc) is 3.24. The van der Waals surface area contributed by atoms with Gasteiger partial charge in [0.2, 0.25) is 5.91 Å². The molecule has 0 fully saturated rings. The molecule has 32 heavy (non-hydrogen) atoms. The number of hydrogen-bond acceptors (Lipinski definition) is 3. The van der Waals surface area contributed by atoms with Gasteiger partial charge in [0.15, 0.2) is 5.96 Å². The van der Waals surface area contributed by atoms with Crippen LogP contribution in [-0.2, 0) is 24.4 Å². The number of halogens is 1. The van der Waals surface area contributed by atoms with Gasteiger partial charge in [0, 0.05) is 31.2 Å². The maximum absolute atomic E-state index is 12.2. The number of amides is 1. The second-order valence-electron chi connectivity index (χ2n) is 7.43. The number of aliphatic imine (C=N–C) groups is 1. The molecule has 1 heterocycles. The number of benzene rings is 2. The lowest BCUT2D eigenvalue weighted by atomic mass is 10.1. The van der Waals surface area contributed by atoms with Crippen LogP contribution in [0.15, 0.2) is 65.9 Å². The molecule has 0 atom stereocenters. The van der Waals surface area contributed by atoms with Gasteiger partial charge in [-0.2, -0.15) is 5.10 Å². The van der Waals surface area contributed by atoms with E-state index in [1.807, 2.05) is 31.2 Å². The number of aryl methyl sites for hydroxylation is 2. The van der Waals surface area contributed by atoms with E-state index in [4.69, 9.17) is 4.99 Å². The molecule has 3 N–H and O–H groups in total. The summed E-state index contributed by atoms with van der Waals surface area (Å²) < 4.78 is 1.59. The average molecular weight is 546 g/mol. The van der Waals surface area contributed by atoms with Crippen molar-refractivity contribution in [3.8, 4) is 0 Å². The standard InChI is InChI=1S/C24H30N6O.HI/c1-4-25-24(27-16-21-10-9-18(2)13-19(21)3)26-15-20-7-5-8-22(14-20)29-23(31)17-30-12-6-11-28-30;/h5-14H,4,15-17H2,1-3H3,(H,29,31)(H2,25,26,27);1H. The zero-order valence-electron chi connectivity index (χ0n) is 18.8. The van der Waals surface area contributed by atoms with Crippen LogP contribution in [0.2, 0.25) is 0 Å². The highest BCUT2D eigenvalue weighted by Crippen LogP contribution is 2.12. The Labute approximate surface area is 206 Å². The van der Waals surface area contributed by atoms with Crippen LogP contribution >= 0.6 is 24.0 Å². The second kappa shape index (κ2) is 12.8. The first-order valence-corrected chi connectivity index (χ1v) is 10.5. The summed E-state index contributed by atoms with van der Waals surface area (Å²) in [5, 5.41) is 13.6. The van der Waals surface area contributed by atoms with E-state index in [1.54, 1.807) is 23.1 Å². The van der Waals surface area contributed by atoms with Crippen molar-refractivity contribution in [2.75, 3.05) is 11.9 Å². The van der Waals surface area contributed by atoms with Crippen LogP contribution in [0.3, 0.4) is 0 Å². The summed E-state index contributed by atoms with van der Waals surface area (Å²) in [7, 11) is 0. The summed E-state index contributed by atoms with van der Waals surface area (Å²) in [4.78, 5) is 16.9. The normalized spacial score (nSPS) is 10.9. The van der Waals surface area contributed by atoms with E-state index in [0.29, 0.717) is 13.1 Å². The molecule has 170 valence electrons. The number of anilines is 1. The summed E-state index contributed by atoms with van der Waals surface area (Å²) in [5.41, 5.74) is 5.54. The van der Waals surface area contributed by atoms with Gasteiger partial charge >= 0.3 is 0 Å². The Kier molecular flexibility index (Phi) is 10.2. The number of hydrogen-bond donors (Lipinski definition) is 3. The highest BCUT2D eigenvalue weighted by atomic mass is 127. The molecule has 0 aliphatic rings. The Morgan fingerprint density at radius 2 is 1.94 bits per heavy atom. The first-order chi connectivity index (χ1) is 15.0. The molecule has 7 nitrogen and oxygen atoms in total. The summed E-state index contributed by atoms with van der Waals surface area (Å²) in [6.07, 6.45) is 3.42. The highest BCUT2D eigenvalue weighted by molar-refractivity contribution is 14.0. The quantitative estimate of drug-likeness (QED) is 0.227.